The van der Waals surface area contributed by atoms with E-state index in [4.69, 9.17) is 23.2 Å². The molecule has 0 aromatic heterocycles. The summed E-state index contributed by atoms with van der Waals surface area (Å²) >= 11 is 12.7. The van der Waals surface area contributed by atoms with Gasteiger partial charge in [-0.3, -0.25) is 4.79 Å². The molecule has 0 bridgehead atoms. The van der Waals surface area contributed by atoms with Crippen LogP contribution in [0.4, 0.5) is 0 Å². The Morgan fingerprint density at radius 2 is 1.43 bits per heavy atom. The number of fused-ring (bicyclic) bond motifs is 2. The van der Waals surface area contributed by atoms with Crippen molar-refractivity contribution in [3.05, 3.63) is 0 Å². The first kappa shape index (κ1) is 14.6. The van der Waals surface area contributed by atoms with E-state index in [-0.39, 0.29) is 0 Å². The molecular formula is C17H25Cl2NO. The van der Waals surface area contributed by atoms with Gasteiger partial charge in [-0.2, -0.15) is 0 Å². The normalized spacial score (nSPS) is 44.8. The number of rotatable bonds is 2. The molecule has 1 N–H and O–H groups in total. The van der Waals surface area contributed by atoms with E-state index in [9.17, 15) is 4.79 Å². The van der Waals surface area contributed by atoms with Crippen molar-refractivity contribution < 1.29 is 4.79 Å². The minimum atomic E-state index is -0.448. The predicted molar refractivity (Wildman–Crippen MR) is 85.4 cm³/mol. The van der Waals surface area contributed by atoms with Crippen molar-refractivity contribution in [2.45, 2.75) is 68.2 Å². The molecular weight excluding hydrogens is 305 g/mol. The van der Waals surface area contributed by atoms with Crippen LogP contribution < -0.4 is 5.32 Å². The van der Waals surface area contributed by atoms with Crippen molar-refractivity contribution in [2.75, 3.05) is 0 Å². The summed E-state index contributed by atoms with van der Waals surface area (Å²) in [7, 11) is 0. The summed E-state index contributed by atoms with van der Waals surface area (Å²) in [5.41, 5.74) is 0. The van der Waals surface area contributed by atoms with Crippen LogP contribution in [0.25, 0.3) is 0 Å². The second-order valence-electron chi connectivity index (χ2n) is 7.74. The van der Waals surface area contributed by atoms with Crippen molar-refractivity contribution in [3.8, 4) is 0 Å². The van der Waals surface area contributed by atoms with E-state index < -0.39 is 4.33 Å². The topological polar surface area (TPSA) is 29.1 Å². The van der Waals surface area contributed by atoms with E-state index in [2.05, 4.69) is 5.32 Å². The summed E-state index contributed by atoms with van der Waals surface area (Å²) in [6.07, 6.45) is 10.8. The summed E-state index contributed by atoms with van der Waals surface area (Å²) in [5, 5.41) is 3.33. The van der Waals surface area contributed by atoms with Crippen molar-refractivity contribution in [2.24, 2.45) is 29.6 Å². The van der Waals surface area contributed by atoms with Gasteiger partial charge in [0.05, 0.1) is 0 Å². The molecule has 0 aliphatic heterocycles. The number of hydrogen-bond acceptors (Lipinski definition) is 1. The molecule has 0 radical (unpaired) electrons. The third kappa shape index (κ3) is 2.61. The molecule has 2 nitrogen and oxygen atoms in total. The van der Waals surface area contributed by atoms with E-state index >= 15 is 0 Å². The fraction of sp³-hybridized carbons (Fsp3) is 0.941. The highest BCUT2D eigenvalue weighted by Crippen LogP contribution is 2.67. The molecule has 4 rings (SSSR count). The quantitative estimate of drug-likeness (QED) is 0.752. The summed E-state index contributed by atoms with van der Waals surface area (Å²) in [6.45, 7) is 0. The molecule has 0 aromatic rings. The van der Waals surface area contributed by atoms with Gasteiger partial charge in [0.15, 0.2) is 0 Å². The van der Waals surface area contributed by atoms with Crippen LogP contribution in [-0.2, 0) is 4.79 Å². The first-order valence-electron chi connectivity index (χ1n) is 8.77. The van der Waals surface area contributed by atoms with E-state index in [0.717, 1.165) is 25.7 Å². The first-order chi connectivity index (χ1) is 10.1. The van der Waals surface area contributed by atoms with Crippen LogP contribution in [0.3, 0.4) is 0 Å². The average Bonchev–Trinajstić information content (AvgIpc) is 3.24. The van der Waals surface area contributed by atoms with Gasteiger partial charge >= 0.3 is 0 Å². The second-order valence-corrected chi connectivity index (χ2v) is 9.18. The summed E-state index contributed by atoms with van der Waals surface area (Å²) in [4.78, 5) is 12.5. The van der Waals surface area contributed by atoms with Crippen LogP contribution in [0, 0.1) is 29.6 Å². The molecule has 118 valence electrons. The predicted octanol–water partition coefficient (Wildman–Crippen LogP) is 4.29. The molecule has 0 aromatic carbocycles. The Kier molecular flexibility index (Phi) is 3.69. The van der Waals surface area contributed by atoms with E-state index in [1.54, 1.807) is 0 Å². The third-order valence-electron chi connectivity index (χ3n) is 6.57. The molecule has 4 aliphatic carbocycles. The highest BCUT2D eigenvalue weighted by atomic mass is 35.5. The molecule has 1 amide bonds. The smallest absolute Gasteiger partial charge is 0.223 e. The minimum Gasteiger partial charge on any atom is -0.353 e. The van der Waals surface area contributed by atoms with Crippen molar-refractivity contribution in [1.29, 1.82) is 0 Å². The van der Waals surface area contributed by atoms with Crippen molar-refractivity contribution in [1.82, 2.24) is 5.32 Å². The lowest BCUT2D eigenvalue weighted by molar-refractivity contribution is -0.123. The Morgan fingerprint density at radius 3 is 2.00 bits per heavy atom. The maximum atomic E-state index is 12.5. The Labute approximate surface area is 137 Å². The number of nitrogens with one attached hydrogen (secondary N) is 1. The van der Waals surface area contributed by atoms with Gasteiger partial charge in [0.1, 0.15) is 4.33 Å². The zero-order chi connectivity index (χ0) is 14.6. The number of carbonyl (C=O) groups excluding carboxylic acids is 1. The Bertz CT molecular complexity index is 411. The molecule has 4 fully saturated rings. The SMILES string of the molecule is O=C(NC1CCCCC1)C1[C@H]2CC[C@@H]3[C@H](CC[C@H]12)C3(Cl)Cl. The van der Waals surface area contributed by atoms with E-state index in [1.165, 1.54) is 32.1 Å². The zero-order valence-electron chi connectivity index (χ0n) is 12.5. The fourth-order valence-electron chi connectivity index (χ4n) is 5.16. The maximum absolute atomic E-state index is 12.5. The molecule has 4 aliphatic rings. The number of hydrogen-bond donors (Lipinski definition) is 1. The van der Waals surface area contributed by atoms with Gasteiger partial charge in [-0.15, -0.1) is 23.2 Å². The zero-order valence-corrected chi connectivity index (χ0v) is 14.0. The van der Waals surface area contributed by atoms with Gasteiger partial charge in [0.25, 0.3) is 0 Å². The molecule has 1 unspecified atom stereocenters. The standard InChI is InChI=1S/C17H25Cl2NO/c18-17(19)13-8-6-11-12(7-9-14(13)17)15(11)16(21)20-10-4-2-1-3-5-10/h10-15H,1-9H2,(H,20,21)/t11-,12-,13-,14+,15?/m0/s1. The van der Waals surface area contributed by atoms with Gasteiger partial charge in [0.2, 0.25) is 5.91 Å². The lowest BCUT2D eigenvalue weighted by atomic mass is 9.95. The van der Waals surface area contributed by atoms with Crippen LogP contribution in [0.15, 0.2) is 0 Å². The van der Waals surface area contributed by atoms with Gasteiger partial charge in [-0.25, -0.2) is 0 Å². The van der Waals surface area contributed by atoms with Crippen LogP contribution in [0.1, 0.15) is 57.8 Å². The van der Waals surface area contributed by atoms with Crippen molar-refractivity contribution in [3.63, 3.8) is 0 Å². The van der Waals surface area contributed by atoms with Crippen LogP contribution >= 0.6 is 23.2 Å². The molecule has 0 spiro atoms. The summed E-state index contributed by atoms with van der Waals surface area (Å²) in [5.74, 6) is 2.84. The molecule has 4 heteroatoms. The van der Waals surface area contributed by atoms with Crippen molar-refractivity contribution >= 4 is 29.1 Å². The number of amides is 1. The molecule has 4 saturated carbocycles. The lowest BCUT2D eigenvalue weighted by Crippen LogP contribution is -2.37. The maximum Gasteiger partial charge on any atom is 0.223 e. The van der Waals surface area contributed by atoms with Gasteiger partial charge in [-0.1, -0.05) is 19.3 Å². The highest BCUT2D eigenvalue weighted by Gasteiger charge is 2.65. The Balaban J connectivity index is 1.31. The van der Waals surface area contributed by atoms with Crippen LogP contribution in [-0.4, -0.2) is 16.3 Å². The summed E-state index contributed by atoms with van der Waals surface area (Å²) in [6, 6.07) is 0.449. The number of halogens is 2. The Morgan fingerprint density at radius 1 is 0.857 bits per heavy atom. The third-order valence-corrected chi connectivity index (χ3v) is 7.69. The second kappa shape index (κ2) is 5.30. The molecule has 0 heterocycles. The van der Waals surface area contributed by atoms with E-state index in [1.807, 2.05) is 0 Å². The largest absolute Gasteiger partial charge is 0.353 e. The van der Waals surface area contributed by atoms with Crippen LogP contribution in [0.5, 0.6) is 0 Å². The summed E-state index contributed by atoms with van der Waals surface area (Å²) < 4.78 is -0.448. The molecule has 5 atom stereocenters. The number of alkyl halides is 2. The Hall–Kier alpha value is 0.0500. The number of carbonyl (C=O) groups is 1. The van der Waals surface area contributed by atoms with Gasteiger partial charge < -0.3 is 5.32 Å². The minimum absolute atomic E-state index is 0.296. The molecule has 0 saturated heterocycles. The van der Waals surface area contributed by atoms with E-state index in [0.29, 0.717) is 41.5 Å². The first-order valence-corrected chi connectivity index (χ1v) is 9.53. The fourth-order valence-corrected chi connectivity index (χ4v) is 6.08. The van der Waals surface area contributed by atoms with Crippen LogP contribution in [0.2, 0.25) is 0 Å². The molecule has 21 heavy (non-hydrogen) atoms. The highest BCUT2D eigenvalue weighted by molar-refractivity contribution is 6.51. The monoisotopic (exact) mass is 329 g/mol. The van der Waals surface area contributed by atoms with Gasteiger partial charge in [0, 0.05) is 12.0 Å². The lowest BCUT2D eigenvalue weighted by Gasteiger charge is -2.22. The average molecular weight is 330 g/mol. The van der Waals surface area contributed by atoms with Gasteiger partial charge in [-0.05, 0) is 62.2 Å².